The molecule has 3 heteroatoms. The van der Waals surface area contributed by atoms with E-state index in [9.17, 15) is 9.90 Å². The molecule has 3 nitrogen and oxygen atoms in total. The van der Waals surface area contributed by atoms with Crippen molar-refractivity contribution in [2.75, 3.05) is 0 Å². The van der Waals surface area contributed by atoms with Crippen molar-refractivity contribution >= 4 is 5.78 Å². The molecule has 2 rings (SSSR count). The minimum atomic E-state index is -0.0580. The van der Waals surface area contributed by atoms with Crippen molar-refractivity contribution in [2.24, 2.45) is 0 Å². The van der Waals surface area contributed by atoms with Crippen molar-refractivity contribution in [3.63, 3.8) is 0 Å². The molecule has 0 aliphatic heterocycles. The number of carbonyl (C=O) groups is 1. The zero-order valence-electron chi connectivity index (χ0n) is 16.4. The zero-order chi connectivity index (χ0) is 18.8. The molecule has 0 unspecified atom stereocenters. The highest BCUT2D eigenvalue weighted by atomic mass is 16.3. The number of benzene rings is 1. The van der Waals surface area contributed by atoms with Gasteiger partial charge < -0.3 is 10.1 Å². The lowest BCUT2D eigenvalue weighted by atomic mass is 9.75. The van der Waals surface area contributed by atoms with Crippen LogP contribution < -0.4 is 0 Å². The SMILES string of the molecule is CC(C)(C)c1cc(CCC(=O)c2ccc[nH]2)cc(C(C)(C)C)c1CO. The number of rotatable bonds is 5. The number of hydrogen-bond acceptors (Lipinski definition) is 2. The van der Waals surface area contributed by atoms with Gasteiger partial charge in [0.2, 0.25) is 0 Å². The van der Waals surface area contributed by atoms with E-state index in [4.69, 9.17) is 0 Å². The molecule has 0 spiro atoms. The number of ketones is 1. The molecule has 0 aliphatic rings. The topological polar surface area (TPSA) is 53.1 Å². The minimum Gasteiger partial charge on any atom is -0.392 e. The van der Waals surface area contributed by atoms with E-state index in [1.54, 1.807) is 6.20 Å². The standard InChI is InChI=1S/C22H31NO2/c1-21(2,3)17-12-15(9-10-20(25)19-8-7-11-23-19)13-18(16(17)14-24)22(4,5)6/h7-8,11-13,23-24H,9-10,14H2,1-6H3. The molecule has 0 amide bonds. The maximum atomic E-state index is 12.3. The van der Waals surface area contributed by atoms with Gasteiger partial charge in [0.05, 0.1) is 12.3 Å². The Kier molecular flexibility index (Phi) is 5.58. The van der Waals surface area contributed by atoms with Crippen LogP contribution in [0.1, 0.15) is 80.7 Å². The summed E-state index contributed by atoms with van der Waals surface area (Å²) in [6.45, 7) is 13.1. The quantitative estimate of drug-likeness (QED) is 0.759. The molecule has 0 bridgehead atoms. The number of aromatic amines is 1. The maximum Gasteiger partial charge on any atom is 0.179 e. The average molecular weight is 341 g/mol. The first-order chi connectivity index (χ1) is 11.5. The number of H-pyrrole nitrogens is 1. The Morgan fingerprint density at radius 1 is 1.04 bits per heavy atom. The summed E-state index contributed by atoms with van der Waals surface area (Å²) in [6, 6.07) is 8.00. The summed E-state index contributed by atoms with van der Waals surface area (Å²) in [4.78, 5) is 15.3. The van der Waals surface area contributed by atoms with Crippen molar-refractivity contribution in [3.8, 4) is 0 Å². The predicted molar refractivity (Wildman–Crippen MR) is 103 cm³/mol. The van der Waals surface area contributed by atoms with E-state index in [0.717, 1.165) is 11.1 Å². The predicted octanol–water partition coefficient (Wildman–Crippen LogP) is 4.92. The summed E-state index contributed by atoms with van der Waals surface area (Å²) in [5, 5.41) is 10.0. The molecule has 1 aromatic heterocycles. The zero-order valence-corrected chi connectivity index (χ0v) is 16.4. The highest BCUT2D eigenvalue weighted by Crippen LogP contribution is 2.35. The van der Waals surface area contributed by atoms with Crippen molar-refractivity contribution in [2.45, 2.75) is 71.8 Å². The molecular weight excluding hydrogens is 310 g/mol. The number of Topliss-reactive ketones (excluding diaryl/α,β-unsaturated/α-hetero) is 1. The lowest BCUT2D eigenvalue weighted by Gasteiger charge is -2.30. The molecule has 2 N–H and O–H groups in total. The van der Waals surface area contributed by atoms with Crippen LogP contribution in [0.25, 0.3) is 0 Å². The molecule has 0 saturated heterocycles. The van der Waals surface area contributed by atoms with E-state index in [2.05, 4.69) is 58.7 Å². The Balaban J connectivity index is 2.39. The Hall–Kier alpha value is -1.87. The fourth-order valence-corrected chi connectivity index (χ4v) is 3.28. The average Bonchev–Trinajstić information content (AvgIpc) is 3.04. The second-order valence-electron chi connectivity index (χ2n) is 8.83. The second-order valence-corrected chi connectivity index (χ2v) is 8.83. The summed E-state index contributed by atoms with van der Waals surface area (Å²) in [5.41, 5.74) is 5.08. The number of aliphatic hydroxyl groups excluding tert-OH is 1. The summed E-state index contributed by atoms with van der Waals surface area (Å²) in [6.07, 6.45) is 2.96. The summed E-state index contributed by atoms with van der Waals surface area (Å²) in [7, 11) is 0. The molecule has 2 aromatic rings. The van der Waals surface area contributed by atoms with Gasteiger partial charge in [-0.2, -0.15) is 0 Å². The number of aliphatic hydroxyl groups is 1. The Morgan fingerprint density at radius 3 is 2.00 bits per heavy atom. The molecule has 0 radical (unpaired) electrons. The van der Waals surface area contributed by atoms with Crippen LogP contribution in [-0.4, -0.2) is 15.9 Å². The highest BCUT2D eigenvalue weighted by Gasteiger charge is 2.26. The normalized spacial score (nSPS) is 12.4. The Morgan fingerprint density at radius 2 is 1.60 bits per heavy atom. The number of carbonyl (C=O) groups excluding carboxylic acids is 1. The Labute approximate surface area is 151 Å². The van der Waals surface area contributed by atoms with Gasteiger partial charge in [-0.3, -0.25) is 4.79 Å². The molecule has 1 aromatic carbocycles. The number of aromatic nitrogens is 1. The third-order valence-corrected chi connectivity index (χ3v) is 4.62. The van der Waals surface area contributed by atoms with E-state index in [1.807, 2.05) is 12.1 Å². The Bertz CT molecular complexity index is 693. The summed E-state index contributed by atoms with van der Waals surface area (Å²) >= 11 is 0. The first kappa shape index (κ1) is 19.5. The van der Waals surface area contributed by atoms with Gasteiger partial charge in [0, 0.05) is 12.6 Å². The van der Waals surface area contributed by atoms with Crippen molar-refractivity contribution < 1.29 is 9.90 Å². The van der Waals surface area contributed by atoms with Gasteiger partial charge in [0.15, 0.2) is 5.78 Å². The van der Waals surface area contributed by atoms with Crippen LogP contribution in [0, 0.1) is 0 Å². The molecule has 0 saturated carbocycles. The third-order valence-electron chi connectivity index (χ3n) is 4.62. The molecule has 0 fully saturated rings. The van der Waals surface area contributed by atoms with Crippen LogP contribution in [0.2, 0.25) is 0 Å². The van der Waals surface area contributed by atoms with E-state index in [-0.39, 0.29) is 23.2 Å². The molecule has 25 heavy (non-hydrogen) atoms. The van der Waals surface area contributed by atoms with Crippen LogP contribution in [0.5, 0.6) is 0 Å². The van der Waals surface area contributed by atoms with Crippen molar-refractivity contribution in [3.05, 3.63) is 58.4 Å². The van der Waals surface area contributed by atoms with Gasteiger partial charge in [0.1, 0.15) is 0 Å². The van der Waals surface area contributed by atoms with Gasteiger partial charge in [-0.15, -0.1) is 0 Å². The van der Waals surface area contributed by atoms with Crippen LogP contribution >= 0.6 is 0 Å². The van der Waals surface area contributed by atoms with Crippen LogP contribution in [0.15, 0.2) is 30.5 Å². The van der Waals surface area contributed by atoms with Gasteiger partial charge in [0.25, 0.3) is 0 Å². The van der Waals surface area contributed by atoms with Crippen LogP contribution in [0.3, 0.4) is 0 Å². The first-order valence-corrected chi connectivity index (χ1v) is 8.98. The van der Waals surface area contributed by atoms with Crippen molar-refractivity contribution in [1.29, 1.82) is 0 Å². The van der Waals surface area contributed by atoms with E-state index in [0.29, 0.717) is 18.5 Å². The molecular formula is C22H31NO2. The first-order valence-electron chi connectivity index (χ1n) is 8.98. The summed E-state index contributed by atoms with van der Waals surface area (Å²) in [5.74, 6) is 0.130. The van der Waals surface area contributed by atoms with E-state index in [1.165, 1.54) is 11.1 Å². The van der Waals surface area contributed by atoms with Gasteiger partial charge in [-0.1, -0.05) is 53.7 Å². The largest absolute Gasteiger partial charge is 0.392 e. The van der Waals surface area contributed by atoms with Gasteiger partial charge >= 0.3 is 0 Å². The lowest BCUT2D eigenvalue weighted by molar-refractivity contribution is 0.0978. The molecule has 0 aliphatic carbocycles. The minimum absolute atomic E-state index is 0.0426. The fourth-order valence-electron chi connectivity index (χ4n) is 3.28. The van der Waals surface area contributed by atoms with E-state index < -0.39 is 0 Å². The summed E-state index contributed by atoms with van der Waals surface area (Å²) < 4.78 is 0. The van der Waals surface area contributed by atoms with Gasteiger partial charge in [-0.05, 0) is 51.6 Å². The number of aryl methyl sites for hydroxylation is 1. The smallest absolute Gasteiger partial charge is 0.179 e. The van der Waals surface area contributed by atoms with Crippen LogP contribution in [-0.2, 0) is 23.9 Å². The fraction of sp³-hybridized carbons (Fsp3) is 0.500. The second kappa shape index (κ2) is 7.17. The maximum absolute atomic E-state index is 12.3. The van der Waals surface area contributed by atoms with E-state index >= 15 is 0 Å². The third kappa shape index (κ3) is 4.60. The number of hydrogen-bond donors (Lipinski definition) is 2. The lowest BCUT2D eigenvalue weighted by Crippen LogP contribution is -2.22. The van der Waals surface area contributed by atoms with Crippen LogP contribution in [0.4, 0.5) is 0 Å². The molecule has 1 heterocycles. The van der Waals surface area contributed by atoms with Crippen molar-refractivity contribution in [1.82, 2.24) is 4.98 Å². The highest BCUT2D eigenvalue weighted by molar-refractivity contribution is 5.94. The molecule has 0 atom stereocenters. The monoisotopic (exact) mass is 341 g/mol. The number of nitrogens with one attached hydrogen (secondary N) is 1. The van der Waals surface area contributed by atoms with Gasteiger partial charge in [-0.25, -0.2) is 0 Å². The molecule has 136 valence electrons.